The molecule has 0 radical (unpaired) electrons. The van der Waals surface area contributed by atoms with Crippen LogP contribution in [0.4, 0.5) is 5.69 Å². The van der Waals surface area contributed by atoms with Crippen LogP contribution in [0.5, 0.6) is 5.88 Å². The first-order chi connectivity index (χ1) is 9.22. The lowest BCUT2D eigenvalue weighted by Gasteiger charge is -2.31. The molecule has 0 unspecified atom stereocenters. The van der Waals surface area contributed by atoms with Crippen molar-refractivity contribution < 1.29 is 9.53 Å². The molecule has 5 nitrogen and oxygen atoms in total. The molecule has 2 heterocycles. The van der Waals surface area contributed by atoms with Crippen LogP contribution in [0.2, 0.25) is 0 Å². The minimum atomic E-state index is 0.161. The van der Waals surface area contributed by atoms with E-state index >= 15 is 0 Å². The van der Waals surface area contributed by atoms with E-state index in [9.17, 15) is 4.79 Å². The number of hydrogen-bond donors (Lipinski definition) is 1. The van der Waals surface area contributed by atoms with Crippen molar-refractivity contribution in [3.63, 3.8) is 0 Å². The summed E-state index contributed by atoms with van der Waals surface area (Å²) in [6.45, 7) is 3.47. The molecule has 5 heteroatoms. The number of aromatic nitrogens is 1. The maximum absolute atomic E-state index is 11.6. The van der Waals surface area contributed by atoms with Crippen molar-refractivity contribution >= 4 is 11.6 Å². The van der Waals surface area contributed by atoms with Crippen LogP contribution in [0, 0.1) is 0 Å². The van der Waals surface area contributed by atoms with Gasteiger partial charge >= 0.3 is 0 Å². The van der Waals surface area contributed by atoms with Crippen LogP contribution in [0.1, 0.15) is 26.2 Å². The Bertz CT molecular complexity index is 411. The molecule has 1 aromatic heterocycles. The van der Waals surface area contributed by atoms with Gasteiger partial charge in [-0.2, -0.15) is 0 Å². The van der Waals surface area contributed by atoms with E-state index in [1.807, 2.05) is 31.0 Å². The third kappa shape index (κ3) is 3.59. The SMILES string of the molecule is CCC(=O)N1CCC(Oc2ccc(NC)cn2)CC1. The van der Waals surface area contributed by atoms with Crippen LogP contribution in [0.3, 0.4) is 0 Å². The van der Waals surface area contributed by atoms with Crippen molar-refractivity contribution in [1.29, 1.82) is 0 Å². The average molecular weight is 263 g/mol. The van der Waals surface area contributed by atoms with E-state index in [2.05, 4.69) is 10.3 Å². The molecule has 19 heavy (non-hydrogen) atoms. The van der Waals surface area contributed by atoms with Gasteiger partial charge < -0.3 is 15.0 Å². The quantitative estimate of drug-likeness (QED) is 0.901. The molecule has 1 N–H and O–H groups in total. The summed E-state index contributed by atoms with van der Waals surface area (Å²) < 4.78 is 5.84. The van der Waals surface area contributed by atoms with E-state index in [0.717, 1.165) is 31.6 Å². The first-order valence-corrected chi connectivity index (χ1v) is 6.81. The van der Waals surface area contributed by atoms with Crippen molar-refractivity contribution in [3.8, 4) is 5.88 Å². The van der Waals surface area contributed by atoms with Gasteiger partial charge in [0.25, 0.3) is 0 Å². The van der Waals surface area contributed by atoms with Gasteiger partial charge in [-0.1, -0.05) is 6.92 Å². The highest BCUT2D eigenvalue weighted by Crippen LogP contribution is 2.18. The third-order valence-corrected chi connectivity index (χ3v) is 3.41. The van der Waals surface area contributed by atoms with Gasteiger partial charge in [0.05, 0.1) is 11.9 Å². The smallest absolute Gasteiger partial charge is 0.222 e. The minimum Gasteiger partial charge on any atom is -0.474 e. The Morgan fingerprint density at radius 2 is 2.21 bits per heavy atom. The largest absolute Gasteiger partial charge is 0.474 e. The second kappa shape index (κ2) is 6.41. The van der Waals surface area contributed by atoms with Gasteiger partial charge in [0.2, 0.25) is 11.8 Å². The van der Waals surface area contributed by atoms with E-state index in [1.165, 1.54) is 0 Å². The number of likely N-dealkylation sites (tertiary alicyclic amines) is 1. The number of rotatable bonds is 4. The Labute approximate surface area is 114 Å². The Balaban J connectivity index is 1.83. The number of piperidine rings is 1. The highest BCUT2D eigenvalue weighted by atomic mass is 16.5. The molecule has 0 atom stereocenters. The van der Waals surface area contributed by atoms with Gasteiger partial charge in [0.1, 0.15) is 6.10 Å². The molecule has 0 saturated carbocycles. The van der Waals surface area contributed by atoms with Gasteiger partial charge in [-0.3, -0.25) is 4.79 Å². The molecule has 1 aliphatic rings. The molecular formula is C14H21N3O2. The molecule has 1 aromatic rings. The summed E-state index contributed by atoms with van der Waals surface area (Å²) in [5, 5.41) is 3.02. The van der Waals surface area contributed by atoms with Crippen LogP contribution in [0.15, 0.2) is 18.3 Å². The lowest BCUT2D eigenvalue weighted by molar-refractivity contribution is -0.132. The zero-order chi connectivity index (χ0) is 13.7. The Hall–Kier alpha value is -1.78. The Morgan fingerprint density at radius 3 is 2.74 bits per heavy atom. The van der Waals surface area contributed by atoms with Crippen molar-refractivity contribution in [1.82, 2.24) is 9.88 Å². The molecule has 0 spiro atoms. The van der Waals surface area contributed by atoms with Gasteiger partial charge in [-0.15, -0.1) is 0 Å². The average Bonchev–Trinajstić information content (AvgIpc) is 2.48. The number of amides is 1. The van der Waals surface area contributed by atoms with Crippen LogP contribution < -0.4 is 10.1 Å². The molecule has 104 valence electrons. The summed E-state index contributed by atoms with van der Waals surface area (Å²) in [4.78, 5) is 17.7. The fraction of sp³-hybridized carbons (Fsp3) is 0.571. The standard InChI is InChI=1S/C14H21N3O2/c1-3-14(18)17-8-6-12(7-9-17)19-13-5-4-11(15-2)10-16-13/h4-5,10,12,15H,3,6-9H2,1-2H3. The molecule has 1 saturated heterocycles. The molecule has 0 bridgehead atoms. The van der Waals surface area contributed by atoms with E-state index in [1.54, 1.807) is 6.20 Å². The topological polar surface area (TPSA) is 54.5 Å². The second-order valence-electron chi connectivity index (χ2n) is 4.69. The summed E-state index contributed by atoms with van der Waals surface area (Å²) in [7, 11) is 1.86. The Morgan fingerprint density at radius 1 is 1.47 bits per heavy atom. The number of nitrogens with zero attached hydrogens (tertiary/aromatic N) is 2. The predicted octanol–water partition coefficient (Wildman–Crippen LogP) is 1.90. The molecule has 0 aliphatic carbocycles. The number of ether oxygens (including phenoxy) is 1. The number of carbonyl (C=O) groups is 1. The number of carbonyl (C=O) groups excluding carboxylic acids is 1. The van der Waals surface area contributed by atoms with Crippen LogP contribution in [-0.2, 0) is 4.79 Å². The van der Waals surface area contributed by atoms with Crippen LogP contribution >= 0.6 is 0 Å². The molecule has 1 aliphatic heterocycles. The van der Waals surface area contributed by atoms with Gasteiger partial charge in [-0.25, -0.2) is 4.98 Å². The maximum atomic E-state index is 11.6. The minimum absolute atomic E-state index is 0.161. The molecule has 0 aromatic carbocycles. The number of pyridine rings is 1. The summed E-state index contributed by atoms with van der Waals surface area (Å²) in [6.07, 6.45) is 4.25. The summed E-state index contributed by atoms with van der Waals surface area (Å²) in [6, 6.07) is 3.81. The third-order valence-electron chi connectivity index (χ3n) is 3.41. The second-order valence-corrected chi connectivity index (χ2v) is 4.69. The number of anilines is 1. The van der Waals surface area contributed by atoms with Gasteiger partial charge in [0.15, 0.2) is 0 Å². The van der Waals surface area contributed by atoms with Crippen LogP contribution in [-0.4, -0.2) is 42.0 Å². The summed E-state index contributed by atoms with van der Waals surface area (Å²) in [5.41, 5.74) is 0.968. The zero-order valence-electron chi connectivity index (χ0n) is 11.6. The van der Waals surface area contributed by atoms with Crippen molar-refractivity contribution in [3.05, 3.63) is 18.3 Å². The van der Waals surface area contributed by atoms with E-state index in [0.29, 0.717) is 12.3 Å². The van der Waals surface area contributed by atoms with Crippen LogP contribution in [0.25, 0.3) is 0 Å². The normalized spacial score (nSPS) is 16.2. The molecular weight excluding hydrogens is 242 g/mol. The first-order valence-electron chi connectivity index (χ1n) is 6.81. The number of hydrogen-bond acceptors (Lipinski definition) is 4. The van der Waals surface area contributed by atoms with E-state index in [-0.39, 0.29) is 12.0 Å². The Kier molecular flexibility index (Phi) is 4.60. The summed E-state index contributed by atoms with van der Waals surface area (Å²) in [5.74, 6) is 0.884. The monoisotopic (exact) mass is 263 g/mol. The fourth-order valence-electron chi connectivity index (χ4n) is 2.22. The molecule has 1 amide bonds. The lowest BCUT2D eigenvalue weighted by Crippen LogP contribution is -2.41. The van der Waals surface area contributed by atoms with Crippen molar-refractivity contribution in [2.75, 3.05) is 25.5 Å². The fourth-order valence-corrected chi connectivity index (χ4v) is 2.22. The predicted molar refractivity (Wildman–Crippen MR) is 74.3 cm³/mol. The summed E-state index contributed by atoms with van der Waals surface area (Å²) >= 11 is 0. The highest BCUT2D eigenvalue weighted by Gasteiger charge is 2.23. The number of nitrogens with one attached hydrogen (secondary N) is 1. The zero-order valence-corrected chi connectivity index (χ0v) is 11.6. The molecule has 1 fully saturated rings. The van der Waals surface area contributed by atoms with Crippen molar-refractivity contribution in [2.45, 2.75) is 32.3 Å². The first kappa shape index (κ1) is 13.6. The van der Waals surface area contributed by atoms with Gasteiger partial charge in [-0.05, 0) is 6.07 Å². The highest BCUT2D eigenvalue weighted by molar-refractivity contribution is 5.75. The van der Waals surface area contributed by atoms with Crippen molar-refractivity contribution in [2.24, 2.45) is 0 Å². The maximum Gasteiger partial charge on any atom is 0.222 e. The van der Waals surface area contributed by atoms with E-state index < -0.39 is 0 Å². The lowest BCUT2D eigenvalue weighted by atomic mass is 10.1. The van der Waals surface area contributed by atoms with Gasteiger partial charge in [0, 0.05) is 45.5 Å². The molecule has 2 rings (SSSR count). The van der Waals surface area contributed by atoms with E-state index in [4.69, 9.17) is 4.74 Å².